The molecule has 34 heavy (non-hydrogen) atoms. The zero-order valence-electron chi connectivity index (χ0n) is 17.9. The molecule has 3 aliphatic heterocycles. The van der Waals surface area contributed by atoms with Crippen LogP contribution in [0.1, 0.15) is 18.4 Å². The summed E-state index contributed by atoms with van der Waals surface area (Å²) in [5.41, 5.74) is 2.21. The third kappa shape index (κ3) is 3.70. The quantitative estimate of drug-likeness (QED) is 0.592. The van der Waals surface area contributed by atoms with Gasteiger partial charge in [0.1, 0.15) is 4.90 Å². The molecule has 174 valence electrons. The van der Waals surface area contributed by atoms with Crippen molar-refractivity contribution >= 4 is 38.2 Å². The van der Waals surface area contributed by atoms with Crippen LogP contribution in [-0.2, 0) is 14.8 Å². The monoisotopic (exact) mass is 496 g/mol. The number of rotatable bonds is 3. The van der Waals surface area contributed by atoms with Gasteiger partial charge in [0.15, 0.2) is 22.5 Å². The van der Waals surface area contributed by atoms with Crippen LogP contribution in [0.2, 0.25) is 0 Å². The average Bonchev–Trinajstić information content (AvgIpc) is 3.57. The number of hydrogen-bond donors (Lipinski definition) is 1. The van der Waals surface area contributed by atoms with Gasteiger partial charge in [0.2, 0.25) is 12.7 Å². The van der Waals surface area contributed by atoms with Crippen molar-refractivity contribution in [1.82, 2.24) is 9.88 Å². The summed E-state index contributed by atoms with van der Waals surface area (Å²) in [4.78, 5) is 19.7. The SMILES string of the molecule is O=C(Nc1nc(-c2ccc3c(c2)OCO3)cs1)C1CCCN(C2=NS(=O)(=O)c3ccccc32)C1. The molecular weight excluding hydrogens is 476 g/mol. The number of carbonyl (C=O) groups is 1. The van der Waals surface area contributed by atoms with Crippen LogP contribution >= 0.6 is 11.3 Å². The minimum atomic E-state index is -3.70. The number of carbonyl (C=O) groups excluding carboxylic acids is 1. The van der Waals surface area contributed by atoms with Crippen LogP contribution in [-0.4, -0.2) is 49.9 Å². The highest BCUT2D eigenvalue weighted by Gasteiger charge is 2.35. The highest BCUT2D eigenvalue weighted by molar-refractivity contribution is 7.90. The molecule has 0 aliphatic carbocycles. The summed E-state index contributed by atoms with van der Waals surface area (Å²) in [6.07, 6.45) is 1.48. The van der Waals surface area contributed by atoms with E-state index in [1.54, 1.807) is 24.3 Å². The number of likely N-dealkylation sites (tertiary alicyclic amines) is 1. The van der Waals surface area contributed by atoms with E-state index in [0.717, 1.165) is 17.7 Å². The first-order chi connectivity index (χ1) is 16.5. The predicted octanol–water partition coefficient (Wildman–Crippen LogP) is 3.34. The molecule has 1 N–H and O–H groups in total. The van der Waals surface area contributed by atoms with Crippen LogP contribution in [0.3, 0.4) is 0 Å². The van der Waals surface area contributed by atoms with Gasteiger partial charge in [-0.3, -0.25) is 4.79 Å². The molecule has 4 heterocycles. The number of amides is 1. The largest absolute Gasteiger partial charge is 0.454 e. The summed E-state index contributed by atoms with van der Waals surface area (Å²) in [5.74, 6) is 1.37. The van der Waals surface area contributed by atoms with Gasteiger partial charge in [-0.2, -0.15) is 8.42 Å². The predicted molar refractivity (Wildman–Crippen MR) is 127 cm³/mol. The van der Waals surface area contributed by atoms with Crippen molar-refractivity contribution in [2.24, 2.45) is 10.3 Å². The van der Waals surface area contributed by atoms with Crippen molar-refractivity contribution < 1.29 is 22.7 Å². The Morgan fingerprint density at radius 3 is 2.91 bits per heavy atom. The molecule has 0 saturated carbocycles. The number of sulfonamides is 1. The van der Waals surface area contributed by atoms with Crippen LogP contribution in [0.5, 0.6) is 11.5 Å². The number of fused-ring (bicyclic) bond motifs is 2. The molecule has 2 aromatic carbocycles. The maximum absolute atomic E-state index is 13.0. The Labute approximate surface area is 200 Å². The standard InChI is InChI=1S/C23H20N4O5S2/c28-22(25-23-24-17(12-33-23)14-7-8-18-19(10-14)32-13-31-18)15-4-3-9-27(11-15)21-16-5-1-2-6-20(16)34(29,30)26-21/h1-2,5-8,10,12,15H,3-4,9,11,13H2,(H,24,25,28). The van der Waals surface area contributed by atoms with E-state index >= 15 is 0 Å². The zero-order chi connectivity index (χ0) is 23.3. The van der Waals surface area contributed by atoms with Crippen molar-refractivity contribution in [3.05, 3.63) is 53.4 Å². The van der Waals surface area contributed by atoms with E-state index in [1.165, 1.54) is 11.3 Å². The number of nitrogens with one attached hydrogen (secondary N) is 1. The fourth-order valence-corrected chi connectivity index (χ4v) is 6.38. The summed E-state index contributed by atoms with van der Waals surface area (Å²) in [5, 5.41) is 5.33. The molecule has 6 rings (SSSR count). The van der Waals surface area contributed by atoms with E-state index in [4.69, 9.17) is 9.47 Å². The van der Waals surface area contributed by atoms with Gasteiger partial charge >= 0.3 is 0 Å². The fraction of sp³-hybridized carbons (Fsp3) is 0.261. The van der Waals surface area contributed by atoms with Crippen LogP contribution in [0.15, 0.2) is 57.1 Å². The van der Waals surface area contributed by atoms with Gasteiger partial charge in [0, 0.05) is 29.6 Å². The summed E-state index contributed by atoms with van der Waals surface area (Å²) in [6, 6.07) is 12.4. The first kappa shape index (κ1) is 21.1. The van der Waals surface area contributed by atoms with E-state index in [9.17, 15) is 13.2 Å². The Morgan fingerprint density at radius 2 is 2.00 bits per heavy atom. The van der Waals surface area contributed by atoms with Crippen molar-refractivity contribution in [2.75, 3.05) is 25.2 Å². The van der Waals surface area contributed by atoms with Crippen LogP contribution in [0.25, 0.3) is 11.3 Å². The maximum atomic E-state index is 13.0. The molecule has 0 spiro atoms. The van der Waals surface area contributed by atoms with E-state index in [0.29, 0.717) is 47.5 Å². The van der Waals surface area contributed by atoms with Gasteiger partial charge in [-0.15, -0.1) is 15.7 Å². The smallest absolute Gasteiger partial charge is 0.285 e. The lowest BCUT2D eigenvalue weighted by Crippen LogP contribution is -2.43. The van der Waals surface area contributed by atoms with E-state index in [2.05, 4.69) is 14.7 Å². The van der Waals surface area contributed by atoms with Crippen molar-refractivity contribution in [3.63, 3.8) is 0 Å². The Morgan fingerprint density at radius 1 is 1.15 bits per heavy atom. The lowest BCUT2D eigenvalue weighted by molar-refractivity contribution is -0.121. The number of aromatic nitrogens is 1. The molecule has 1 atom stereocenters. The first-order valence-corrected chi connectivity index (χ1v) is 13.2. The number of anilines is 1. The third-order valence-corrected chi connectivity index (χ3v) is 8.19. The molecule has 3 aliphatic rings. The number of hydrogen-bond acceptors (Lipinski definition) is 8. The molecule has 1 saturated heterocycles. The number of piperidine rings is 1. The number of nitrogens with zero attached hydrogens (tertiary/aromatic N) is 3. The molecule has 1 fully saturated rings. The Bertz CT molecular complexity index is 1430. The molecule has 0 bridgehead atoms. The summed E-state index contributed by atoms with van der Waals surface area (Å²) in [6.45, 7) is 1.26. The van der Waals surface area contributed by atoms with Crippen molar-refractivity contribution in [1.29, 1.82) is 0 Å². The lowest BCUT2D eigenvalue weighted by Gasteiger charge is -2.33. The lowest BCUT2D eigenvalue weighted by atomic mass is 9.96. The summed E-state index contributed by atoms with van der Waals surface area (Å²) < 4.78 is 39.6. The highest BCUT2D eigenvalue weighted by atomic mass is 32.2. The molecule has 11 heteroatoms. The van der Waals surface area contributed by atoms with Gasteiger partial charge in [-0.05, 0) is 43.2 Å². The van der Waals surface area contributed by atoms with E-state index in [-0.39, 0.29) is 23.5 Å². The number of thiazole rings is 1. The Balaban J connectivity index is 1.16. The van der Waals surface area contributed by atoms with Gasteiger partial charge in [0.05, 0.1) is 11.6 Å². The number of benzene rings is 2. The normalized spacial score (nSPS) is 20.1. The molecule has 0 radical (unpaired) electrons. The van der Waals surface area contributed by atoms with E-state index in [1.807, 2.05) is 28.5 Å². The summed E-state index contributed by atoms with van der Waals surface area (Å²) >= 11 is 1.35. The average molecular weight is 497 g/mol. The minimum absolute atomic E-state index is 0.133. The topological polar surface area (TPSA) is 110 Å². The van der Waals surface area contributed by atoms with Crippen LogP contribution in [0, 0.1) is 5.92 Å². The van der Waals surface area contributed by atoms with Crippen molar-refractivity contribution in [3.8, 4) is 22.8 Å². The first-order valence-electron chi connectivity index (χ1n) is 10.8. The van der Waals surface area contributed by atoms with Gasteiger partial charge in [-0.25, -0.2) is 4.98 Å². The van der Waals surface area contributed by atoms with Gasteiger partial charge in [-0.1, -0.05) is 12.1 Å². The molecular formula is C23H20N4O5S2. The third-order valence-electron chi connectivity index (χ3n) is 6.11. The minimum Gasteiger partial charge on any atom is -0.454 e. The van der Waals surface area contributed by atoms with Gasteiger partial charge in [0.25, 0.3) is 10.0 Å². The second-order valence-corrected chi connectivity index (χ2v) is 10.7. The number of ether oxygens (including phenoxy) is 2. The zero-order valence-corrected chi connectivity index (χ0v) is 19.6. The molecule has 1 amide bonds. The maximum Gasteiger partial charge on any atom is 0.285 e. The number of amidine groups is 1. The Hall–Kier alpha value is -3.44. The molecule has 1 unspecified atom stereocenters. The van der Waals surface area contributed by atoms with E-state index < -0.39 is 10.0 Å². The molecule has 1 aromatic heterocycles. The summed E-state index contributed by atoms with van der Waals surface area (Å²) in [7, 11) is -3.70. The second-order valence-electron chi connectivity index (χ2n) is 8.27. The molecule has 3 aromatic rings. The van der Waals surface area contributed by atoms with Crippen LogP contribution < -0.4 is 14.8 Å². The fourth-order valence-electron chi connectivity index (χ4n) is 4.43. The van der Waals surface area contributed by atoms with Crippen molar-refractivity contribution in [2.45, 2.75) is 17.7 Å². The second kappa shape index (κ2) is 8.10. The van der Waals surface area contributed by atoms with Crippen LogP contribution in [0.4, 0.5) is 5.13 Å². The Kier molecular flexibility index (Phi) is 5.03. The highest BCUT2D eigenvalue weighted by Crippen LogP contribution is 2.37. The molecule has 9 nitrogen and oxygen atoms in total. The van der Waals surface area contributed by atoms with Gasteiger partial charge < -0.3 is 19.7 Å².